The van der Waals surface area contributed by atoms with Crippen LogP contribution in [-0.4, -0.2) is 12.3 Å². The summed E-state index contributed by atoms with van der Waals surface area (Å²) in [4.78, 5) is 0.632. The number of rotatable bonds is 1. The second-order valence-electron chi connectivity index (χ2n) is 4.71. The molecule has 0 saturated carbocycles. The molecule has 15 heavy (non-hydrogen) atoms. The molecule has 1 atom stereocenters. The van der Waals surface area contributed by atoms with E-state index in [1.807, 2.05) is 6.08 Å². The van der Waals surface area contributed by atoms with Crippen molar-refractivity contribution < 1.29 is 8.60 Å². The maximum Gasteiger partial charge on any atom is 0.124 e. The van der Waals surface area contributed by atoms with Crippen molar-refractivity contribution >= 4 is 24.9 Å². The molecule has 1 unspecified atom stereocenters. The molecule has 80 valence electrons. The summed E-state index contributed by atoms with van der Waals surface area (Å²) in [7, 11) is -2.70. The summed E-state index contributed by atoms with van der Waals surface area (Å²) in [6.45, 7) is 6.46. The Morgan fingerprint density at radius 3 is 2.53 bits per heavy atom. The first-order valence-electron chi connectivity index (χ1n) is 4.83. The average Bonchev–Trinajstić information content (AvgIpc) is 2.43. The third kappa shape index (κ3) is 1.83. The zero-order valence-electron chi connectivity index (χ0n) is 9.00. The zero-order valence-corrected chi connectivity index (χ0v) is 10.8. The Hall–Kier alpha value is -0.743. The Bertz CT molecular complexity index is 474. The van der Waals surface area contributed by atoms with E-state index in [9.17, 15) is 8.60 Å². The van der Waals surface area contributed by atoms with Crippen molar-refractivity contribution in [3.05, 3.63) is 34.1 Å². The topological polar surface area (TPSA) is 17.1 Å². The van der Waals surface area contributed by atoms with E-state index in [1.165, 1.54) is 12.1 Å². The molecule has 1 nitrogen and oxygen atoms in total. The van der Waals surface area contributed by atoms with Gasteiger partial charge >= 0.3 is 0 Å². The van der Waals surface area contributed by atoms with Crippen molar-refractivity contribution in [2.24, 2.45) is 0 Å². The van der Waals surface area contributed by atoms with Gasteiger partial charge in [0.25, 0.3) is 0 Å². The van der Waals surface area contributed by atoms with E-state index in [0.717, 1.165) is 10.1 Å². The molecule has 0 saturated heterocycles. The molecule has 0 fully saturated rings. The fourth-order valence-corrected chi connectivity index (χ4v) is 5.77. The first kappa shape index (κ1) is 10.8. The summed E-state index contributed by atoms with van der Waals surface area (Å²) in [6.07, 6.45) is 1.97. The number of halogens is 1. The van der Waals surface area contributed by atoms with Crippen LogP contribution in [0.5, 0.6) is 0 Å². The van der Waals surface area contributed by atoms with Gasteiger partial charge in [-0.2, -0.15) is 0 Å². The predicted octanol–water partition coefficient (Wildman–Crippen LogP) is 3.17. The molecular weight excluding hydrogens is 227 g/mol. The van der Waals surface area contributed by atoms with Gasteiger partial charge < -0.3 is 0 Å². The molecule has 0 aliphatic carbocycles. The van der Waals surface area contributed by atoms with Gasteiger partial charge in [-0.05, 0) is 23.8 Å². The highest BCUT2D eigenvalue weighted by Gasteiger charge is 2.31. The minimum Gasteiger partial charge on any atom is -0.250 e. The van der Waals surface area contributed by atoms with Gasteiger partial charge in [0.15, 0.2) is 0 Å². The van der Waals surface area contributed by atoms with Gasteiger partial charge in [0.2, 0.25) is 0 Å². The van der Waals surface area contributed by atoms with Crippen LogP contribution in [0, 0.1) is 5.82 Å². The first-order valence-corrected chi connectivity index (χ1v) is 9.48. The largest absolute Gasteiger partial charge is 0.250 e. The lowest BCUT2D eigenvalue weighted by molar-refractivity contribution is 0.623. The van der Waals surface area contributed by atoms with E-state index in [1.54, 1.807) is 6.07 Å². The quantitative estimate of drug-likeness (QED) is 0.689. The highest BCUT2D eigenvalue weighted by molar-refractivity contribution is 7.92. The van der Waals surface area contributed by atoms with Crippen LogP contribution in [-0.2, 0) is 10.8 Å². The maximum atomic E-state index is 13.0. The van der Waals surface area contributed by atoms with Gasteiger partial charge in [0.1, 0.15) is 5.82 Å². The van der Waals surface area contributed by atoms with E-state index in [2.05, 4.69) is 19.6 Å². The van der Waals surface area contributed by atoms with Crippen LogP contribution in [0.3, 0.4) is 0 Å². The minimum absolute atomic E-state index is 0.313. The number of hydrogen-bond acceptors (Lipinski definition) is 1. The number of benzene rings is 1. The standard InChI is InChI=1S/C11H13FOSSi/c1-15(2,3)11-6-8-4-5-9(12)7-10(8)14(11)13/h4-7H,1-3H3. The van der Waals surface area contributed by atoms with E-state index in [4.69, 9.17) is 0 Å². The second kappa shape index (κ2) is 3.38. The van der Waals surface area contributed by atoms with E-state index < -0.39 is 18.9 Å². The van der Waals surface area contributed by atoms with Gasteiger partial charge in [-0.25, -0.2) is 8.60 Å². The summed E-state index contributed by atoms with van der Waals surface area (Å²) in [5.41, 5.74) is 0.909. The minimum atomic E-state index is -1.56. The van der Waals surface area contributed by atoms with Crippen LogP contribution in [0.4, 0.5) is 4.39 Å². The second-order valence-corrected chi connectivity index (χ2v) is 11.5. The van der Waals surface area contributed by atoms with Crippen molar-refractivity contribution in [2.75, 3.05) is 0 Å². The van der Waals surface area contributed by atoms with Crippen LogP contribution in [0.1, 0.15) is 5.56 Å². The van der Waals surface area contributed by atoms with Crippen molar-refractivity contribution in [2.45, 2.75) is 24.5 Å². The molecule has 0 radical (unpaired) electrons. The maximum absolute atomic E-state index is 13.0. The highest BCUT2D eigenvalue weighted by Crippen LogP contribution is 2.34. The van der Waals surface area contributed by atoms with Crippen LogP contribution in [0.25, 0.3) is 6.08 Å². The van der Waals surface area contributed by atoms with Gasteiger partial charge in [-0.1, -0.05) is 25.7 Å². The highest BCUT2D eigenvalue weighted by atomic mass is 32.2. The van der Waals surface area contributed by atoms with Crippen molar-refractivity contribution in [3.63, 3.8) is 0 Å². The smallest absolute Gasteiger partial charge is 0.124 e. The third-order valence-electron chi connectivity index (χ3n) is 2.40. The fourth-order valence-electron chi connectivity index (χ4n) is 1.60. The fraction of sp³-hybridized carbons (Fsp3) is 0.273. The summed E-state index contributed by atoms with van der Waals surface area (Å²) < 4.78 is 26.1. The van der Waals surface area contributed by atoms with Crippen LogP contribution in [0.2, 0.25) is 19.6 Å². The van der Waals surface area contributed by atoms with E-state index >= 15 is 0 Å². The normalized spacial score (nSPS) is 20.0. The molecule has 1 aliphatic rings. The van der Waals surface area contributed by atoms with Crippen LogP contribution < -0.4 is 0 Å². The molecule has 0 aromatic heterocycles. The Morgan fingerprint density at radius 1 is 1.27 bits per heavy atom. The molecular formula is C11H13FOSSi. The molecule has 1 aromatic rings. The lowest BCUT2D eigenvalue weighted by Crippen LogP contribution is -2.25. The lowest BCUT2D eigenvalue weighted by Gasteiger charge is -2.16. The molecule has 0 amide bonds. The number of hydrogen-bond donors (Lipinski definition) is 0. The van der Waals surface area contributed by atoms with Crippen LogP contribution in [0.15, 0.2) is 27.6 Å². The van der Waals surface area contributed by atoms with Gasteiger partial charge in [0, 0.05) is 4.53 Å². The Balaban J connectivity index is 2.53. The molecule has 1 aromatic carbocycles. The summed E-state index contributed by atoms with van der Waals surface area (Å²) >= 11 is 0. The molecule has 0 spiro atoms. The van der Waals surface area contributed by atoms with Gasteiger partial charge in [-0.3, -0.25) is 0 Å². The average molecular weight is 240 g/mol. The zero-order chi connectivity index (χ0) is 11.2. The summed E-state index contributed by atoms with van der Waals surface area (Å²) in [5, 5.41) is 0. The van der Waals surface area contributed by atoms with Crippen LogP contribution >= 0.6 is 0 Å². The first-order chi connectivity index (χ1) is 6.89. The predicted molar refractivity (Wildman–Crippen MR) is 64.1 cm³/mol. The molecule has 1 heterocycles. The van der Waals surface area contributed by atoms with Crippen molar-refractivity contribution in [1.29, 1.82) is 0 Å². The van der Waals surface area contributed by atoms with Gasteiger partial charge in [-0.15, -0.1) is 0 Å². The third-order valence-corrected chi connectivity index (χ3v) is 7.69. The lowest BCUT2D eigenvalue weighted by atomic mass is 10.2. The van der Waals surface area contributed by atoms with E-state index in [0.29, 0.717) is 4.90 Å². The van der Waals surface area contributed by atoms with Crippen molar-refractivity contribution in [3.8, 4) is 0 Å². The molecule has 0 N–H and O–H groups in total. The Labute approximate surface area is 92.5 Å². The molecule has 1 aliphatic heterocycles. The monoisotopic (exact) mass is 240 g/mol. The summed E-state index contributed by atoms with van der Waals surface area (Å²) in [5.74, 6) is -0.313. The Kier molecular flexibility index (Phi) is 2.43. The molecule has 0 bridgehead atoms. The van der Waals surface area contributed by atoms with Crippen molar-refractivity contribution in [1.82, 2.24) is 0 Å². The SMILES string of the molecule is C[Si](C)(C)C1=Cc2ccc(F)cc2S1=O. The number of fused-ring (bicyclic) bond motifs is 1. The molecule has 4 heteroatoms. The molecule has 2 rings (SSSR count). The summed E-state index contributed by atoms with van der Waals surface area (Å²) in [6, 6.07) is 4.50. The Morgan fingerprint density at radius 2 is 1.93 bits per heavy atom. The van der Waals surface area contributed by atoms with E-state index in [-0.39, 0.29) is 5.82 Å². The van der Waals surface area contributed by atoms with Gasteiger partial charge in [0.05, 0.1) is 23.8 Å².